The summed E-state index contributed by atoms with van der Waals surface area (Å²) in [7, 11) is 3.36. The number of nitrogens with one attached hydrogen (secondary N) is 1. The SMILES string of the molecule is COc1ccc(OC)c(CN[C@H](C)c2ccc(C)cc2)c1. The van der Waals surface area contributed by atoms with Gasteiger partial charge in [0, 0.05) is 18.2 Å². The number of ether oxygens (including phenoxy) is 2. The number of hydrogen-bond donors (Lipinski definition) is 1. The lowest BCUT2D eigenvalue weighted by Crippen LogP contribution is -2.18. The van der Waals surface area contributed by atoms with Crippen molar-refractivity contribution >= 4 is 0 Å². The van der Waals surface area contributed by atoms with E-state index >= 15 is 0 Å². The second kappa shape index (κ2) is 7.14. The summed E-state index contributed by atoms with van der Waals surface area (Å²) in [5.74, 6) is 1.72. The number of rotatable bonds is 6. The summed E-state index contributed by atoms with van der Waals surface area (Å²) in [5.41, 5.74) is 3.65. The highest BCUT2D eigenvalue weighted by Gasteiger charge is 2.08. The highest BCUT2D eigenvalue weighted by atomic mass is 16.5. The van der Waals surface area contributed by atoms with Gasteiger partial charge in [0.1, 0.15) is 11.5 Å². The second-order valence-electron chi connectivity index (χ2n) is 5.19. The van der Waals surface area contributed by atoms with Crippen LogP contribution < -0.4 is 14.8 Å². The third-order valence-corrected chi connectivity index (χ3v) is 3.66. The van der Waals surface area contributed by atoms with E-state index in [4.69, 9.17) is 9.47 Å². The van der Waals surface area contributed by atoms with Gasteiger partial charge in [0.05, 0.1) is 14.2 Å². The fourth-order valence-electron chi connectivity index (χ4n) is 2.26. The molecule has 2 rings (SSSR count). The molecule has 0 fully saturated rings. The van der Waals surface area contributed by atoms with Crippen LogP contribution in [0.25, 0.3) is 0 Å². The lowest BCUT2D eigenvalue weighted by atomic mass is 10.1. The molecule has 0 spiro atoms. The van der Waals surface area contributed by atoms with Crippen molar-refractivity contribution in [2.75, 3.05) is 14.2 Å². The summed E-state index contributed by atoms with van der Waals surface area (Å²) in [5, 5.41) is 3.53. The molecule has 0 heterocycles. The van der Waals surface area contributed by atoms with E-state index in [1.54, 1.807) is 14.2 Å². The molecule has 0 amide bonds. The maximum Gasteiger partial charge on any atom is 0.123 e. The summed E-state index contributed by atoms with van der Waals surface area (Å²) in [6.07, 6.45) is 0. The van der Waals surface area contributed by atoms with Crippen LogP contribution in [0.5, 0.6) is 11.5 Å². The van der Waals surface area contributed by atoms with E-state index in [0.29, 0.717) is 0 Å². The molecule has 1 atom stereocenters. The van der Waals surface area contributed by atoms with E-state index in [-0.39, 0.29) is 6.04 Å². The van der Waals surface area contributed by atoms with Crippen molar-refractivity contribution in [3.63, 3.8) is 0 Å². The molecule has 2 aromatic carbocycles. The largest absolute Gasteiger partial charge is 0.497 e. The van der Waals surface area contributed by atoms with Gasteiger partial charge < -0.3 is 14.8 Å². The molecule has 0 aliphatic heterocycles. The predicted molar refractivity (Wildman–Crippen MR) is 86.0 cm³/mol. The molecule has 0 aromatic heterocycles. The molecular weight excluding hydrogens is 262 g/mol. The quantitative estimate of drug-likeness (QED) is 0.874. The third kappa shape index (κ3) is 3.99. The van der Waals surface area contributed by atoms with E-state index in [1.165, 1.54) is 11.1 Å². The van der Waals surface area contributed by atoms with E-state index in [9.17, 15) is 0 Å². The highest BCUT2D eigenvalue weighted by molar-refractivity contribution is 5.40. The Morgan fingerprint density at radius 2 is 1.71 bits per heavy atom. The lowest BCUT2D eigenvalue weighted by Gasteiger charge is -2.16. The van der Waals surface area contributed by atoms with Crippen LogP contribution in [0.4, 0.5) is 0 Å². The molecule has 3 nitrogen and oxygen atoms in total. The zero-order chi connectivity index (χ0) is 15.2. The van der Waals surface area contributed by atoms with Gasteiger partial charge in [-0.2, -0.15) is 0 Å². The van der Waals surface area contributed by atoms with E-state index in [0.717, 1.165) is 23.6 Å². The first-order valence-electron chi connectivity index (χ1n) is 7.15. The van der Waals surface area contributed by atoms with Crippen LogP contribution in [-0.4, -0.2) is 14.2 Å². The van der Waals surface area contributed by atoms with Crippen LogP contribution in [-0.2, 0) is 6.54 Å². The summed E-state index contributed by atoms with van der Waals surface area (Å²) in [6, 6.07) is 14.7. The fourth-order valence-corrected chi connectivity index (χ4v) is 2.26. The average Bonchev–Trinajstić information content (AvgIpc) is 2.52. The van der Waals surface area contributed by atoms with Crippen molar-refractivity contribution in [1.29, 1.82) is 0 Å². The molecule has 2 aromatic rings. The summed E-state index contributed by atoms with van der Waals surface area (Å²) >= 11 is 0. The third-order valence-electron chi connectivity index (χ3n) is 3.66. The van der Waals surface area contributed by atoms with Crippen molar-refractivity contribution in [3.05, 3.63) is 59.2 Å². The molecular formula is C18H23NO2. The van der Waals surface area contributed by atoms with Crippen LogP contribution in [0, 0.1) is 6.92 Å². The van der Waals surface area contributed by atoms with E-state index in [2.05, 4.69) is 43.4 Å². The van der Waals surface area contributed by atoms with Crippen molar-refractivity contribution in [2.24, 2.45) is 0 Å². The second-order valence-corrected chi connectivity index (χ2v) is 5.19. The van der Waals surface area contributed by atoms with Crippen LogP contribution in [0.15, 0.2) is 42.5 Å². The Morgan fingerprint density at radius 3 is 2.33 bits per heavy atom. The standard InChI is InChI=1S/C18H23NO2/c1-13-5-7-15(8-6-13)14(2)19-12-16-11-17(20-3)9-10-18(16)21-4/h5-11,14,19H,12H2,1-4H3/t14-/m1/s1. The molecule has 0 aliphatic carbocycles. The van der Waals surface area contributed by atoms with Crippen molar-refractivity contribution in [3.8, 4) is 11.5 Å². The van der Waals surface area contributed by atoms with Gasteiger partial charge in [0.25, 0.3) is 0 Å². The van der Waals surface area contributed by atoms with Gasteiger partial charge in [-0.15, -0.1) is 0 Å². The Bertz CT molecular complexity index is 578. The lowest BCUT2D eigenvalue weighted by molar-refractivity contribution is 0.395. The molecule has 0 bridgehead atoms. The summed E-state index contributed by atoms with van der Waals surface area (Å²) < 4.78 is 10.7. The maximum absolute atomic E-state index is 5.40. The molecule has 0 radical (unpaired) electrons. The van der Waals surface area contributed by atoms with Crippen molar-refractivity contribution in [2.45, 2.75) is 26.4 Å². The molecule has 21 heavy (non-hydrogen) atoms. The van der Waals surface area contributed by atoms with Gasteiger partial charge in [0.2, 0.25) is 0 Å². The Balaban J connectivity index is 2.06. The molecule has 0 saturated carbocycles. The number of benzene rings is 2. The van der Waals surface area contributed by atoms with Crippen LogP contribution in [0.3, 0.4) is 0 Å². The van der Waals surface area contributed by atoms with Crippen LogP contribution in [0.1, 0.15) is 29.7 Å². The minimum atomic E-state index is 0.279. The minimum absolute atomic E-state index is 0.279. The predicted octanol–water partition coefficient (Wildman–Crippen LogP) is 3.86. The van der Waals surface area contributed by atoms with Crippen LogP contribution in [0.2, 0.25) is 0 Å². The molecule has 112 valence electrons. The molecule has 0 saturated heterocycles. The summed E-state index contributed by atoms with van der Waals surface area (Å²) in [6.45, 7) is 5.00. The Morgan fingerprint density at radius 1 is 1.00 bits per heavy atom. The van der Waals surface area contributed by atoms with E-state index in [1.807, 2.05) is 18.2 Å². The monoisotopic (exact) mass is 285 g/mol. The van der Waals surface area contributed by atoms with Crippen LogP contribution >= 0.6 is 0 Å². The van der Waals surface area contributed by atoms with Crippen molar-refractivity contribution in [1.82, 2.24) is 5.32 Å². The number of aryl methyl sites for hydroxylation is 1. The van der Waals surface area contributed by atoms with Gasteiger partial charge in [-0.1, -0.05) is 29.8 Å². The highest BCUT2D eigenvalue weighted by Crippen LogP contribution is 2.24. The molecule has 0 aliphatic rings. The number of hydrogen-bond acceptors (Lipinski definition) is 3. The van der Waals surface area contributed by atoms with E-state index < -0.39 is 0 Å². The fraction of sp³-hybridized carbons (Fsp3) is 0.333. The maximum atomic E-state index is 5.40. The zero-order valence-electron chi connectivity index (χ0n) is 13.1. The zero-order valence-corrected chi connectivity index (χ0v) is 13.1. The Labute approximate surface area is 126 Å². The molecule has 0 unspecified atom stereocenters. The van der Waals surface area contributed by atoms with Gasteiger partial charge in [0.15, 0.2) is 0 Å². The first-order chi connectivity index (χ1) is 10.1. The van der Waals surface area contributed by atoms with Crippen molar-refractivity contribution < 1.29 is 9.47 Å². The molecule has 1 N–H and O–H groups in total. The number of methoxy groups -OCH3 is 2. The van der Waals surface area contributed by atoms with Gasteiger partial charge >= 0.3 is 0 Å². The normalized spacial score (nSPS) is 12.0. The summed E-state index contributed by atoms with van der Waals surface area (Å²) in [4.78, 5) is 0. The van der Waals surface area contributed by atoms with Gasteiger partial charge in [-0.05, 0) is 37.6 Å². The Hall–Kier alpha value is -2.00. The first-order valence-corrected chi connectivity index (χ1v) is 7.15. The smallest absolute Gasteiger partial charge is 0.123 e. The topological polar surface area (TPSA) is 30.5 Å². The Kier molecular flexibility index (Phi) is 5.23. The van der Waals surface area contributed by atoms with Gasteiger partial charge in [-0.25, -0.2) is 0 Å². The van der Waals surface area contributed by atoms with Gasteiger partial charge in [-0.3, -0.25) is 0 Å². The molecule has 3 heteroatoms. The minimum Gasteiger partial charge on any atom is -0.497 e. The first kappa shape index (κ1) is 15.4. The average molecular weight is 285 g/mol.